The fourth-order valence-electron chi connectivity index (χ4n) is 8.03. The van der Waals surface area contributed by atoms with E-state index in [2.05, 4.69) is 0 Å². The number of methoxy groups -OCH3 is 1. The van der Waals surface area contributed by atoms with Crippen LogP contribution in [0.1, 0.15) is 37.3 Å². The molecule has 0 saturated carbocycles. The predicted octanol–water partition coefficient (Wildman–Crippen LogP) is 4.71. The van der Waals surface area contributed by atoms with Gasteiger partial charge in [-0.25, -0.2) is 0 Å². The number of likely N-dealkylation sites (tertiary alicyclic amines) is 1. The molecule has 5 atom stereocenters. The summed E-state index contributed by atoms with van der Waals surface area (Å²) in [4.78, 5) is 57.2. The number of aliphatic hydroxyl groups is 1. The lowest BCUT2D eigenvalue weighted by Gasteiger charge is -2.33. The number of rotatable bonds is 10. The highest BCUT2D eigenvalue weighted by atomic mass is 28.4. The third-order valence-corrected chi connectivity index (χ3v) is 12.6. The van der Waals surface area contributed by atoms with Gasteiger partial charge in [-0.15, -0.1) is 0 Å². The molecule has 0 bridgehead atoms. The minimum atomic E-state index is -2.99. The molecule has 2 N–H and O–H groups in total. The van der Waals surface area contributed by atoms with E-state index in [0.717, 1.165) is 30.5 Å². The Morgan fingerprint density at radius 2 is 1.85 bits per heavy atom. The summed E-state index contributed by atoms with van der Waals surface area (Å²) < 4.78 is 12.5. The molecule has 3 aliphatic rings. The molecule has 3 amide bonds. The van der Waals surface area contributed by atoms with Crippen molar-refractivity contribution in [2.75, 3.05) is 30.1 Å². The van der Waals surface area contributed by atoms with E-state index in [4.69, 9.17) is 9.47 Å². The van der Waals surface area contributed by atoms with Crippen molar-refractivity contribution in [1.29, 1.82) is 0 Å². The lowest BCUT2D eigenvalue weighted by molar-refractivity contribution is -0.150. The fourth-order valence-corrected chi connectivity index (χ4v) is 10.6. The molecule has 11 heteroatoms. The van der Waals surface area contributed by atoms with Gasteiger partial charge in [0.05, 0.1) is 44.5 Å². The second kappa shape index (κ2) is 12.9. The number of hydrogen-bond donors (Lipinski definition) is 2. The van der Waals surface area contributed by atoms with E-state index >= 15 is 0 Å². The van der Waals surface area contributed by atoms with Crippen LogP contribution in [0.3, 0.4) is 0 Å². The molecule has 3 heterocycles. The van der Waals surface area contributed by atoms with E-state index in [0.29, 0.717) is 29.2 Å². The Hall–Kier alpha value is -4.03. The topological polar surface area (TPSA) is 120 Å². The van der Waals surface area contributed by atoms with E-state index in [9.17, 15) is 24.3 Å². The molecule has 2 saturated heterocycles. The van der Waals surface area contributed by atoms with Crippen molar-refractivity contribution in [2.24, 2.45) is 5.92 Å². The maximum absolute atomic E-state index is 14.9. The number of carbonyl (C=O) groups excluding carboxylic acids is 3. The Bertz CT molecular complexity index is 1650. The number of amides is 3. The van der Waals surface area contributed by atoms with E-state index in [-0.39, 0.29) is 37.4 Å². The molecule has 0 aliphatic carbocycles. The van der Waals surface area contributed by atoms with Crippen molar-refractivity contribution in [3.8, 4) is 5.75 Å². The van der Waals surface area contributed by atoms with E-state index in [1.165, 1.54) is 0 Å². The zero-order chi connectivity index (χ0) is 33.5. The molecule has 0 radical (unpaired) electrons. The van der Waals surface area contributed by atoms with Crippen LogP contribution in [0.2, 0.25) is 18.6 Å². The van der Waals surface area contributed by atoms with Crippen LogP contribution in [0.4, 0.5) is 17.1 Å². The van der Waals surface area contributed by atoms with Gasteiger partial charge in [-0.1, -0.05) is 37.3 Å². The molecular formula is C36H43N3O7Si. The van der Waals surface area contributed by atoms with Gasteiger partial charge in [0.1, 0.15) is 5.75 Å². The summed E-state index contributed by atoms with van der Waals surface area (Å²) in [6.45, 7) is 6.30. The molecule has 10 nitrogen and oxygen atoms in total. The van der Waals surface area contributed by atoms with Gasteiger partial charge in [-0.3, -0.25) is 19.3 Å². The smallest absolute Gasteiger partial charge is 0.264 e. The molecule has 0 unspecified atom stereocenters. The summed E-state index contributed by atoms with van der Waals surface area (Å²) in [5.74, 6) is -0.277. The Balaban J connectivity index is 1.37. The largest absolute Gasteiger partial charge is 0.497 e. The van der Waals surface area contributed by atoms with Crippen molar-refractivity contribution in [1.82, 2.24) is 4.90 Å². The van der Waals surface area contributed by atoms with Gasteiger partial charge in [0.15, 0.2) is 13.9 Å². The number of anilines is 3. The second-order valence-electron chi connectivity index (χ2n) is 13.4. The number of ether oxygens (including phenoxy) is 2. The van der Waals surface area contributed by atoms with Crippen molar-refractivity contribution >= 4 is 43.6 Å². The van der Waals surface area contributed by atoms with Crippen LogP contribution in [0.25, 0.3) is 0 Å². The standard InChI is InChI=1S/C36H43N3O7Si/c1-24-34(47(3,4)44)32(20-33(42)37-17-9-14-28(37)22-40)46-36(24)30-19-29(45-2)15-16-31(30)38(35(36)43)21-25-10-8-13-27(18-25)39(23-41)26-11-6-5-7-12-26/h5-8,10-13,15-16,18-19,23-24,28,32,34,40,44H,9,14,17,20-22H2,1-4H3/t24-,28+,32+,34-,36+/m1/s1. The lowest BCUT2D eigenvalue weighted by atomic mass is 9.82. The van der Waals surface area contributed by atoms with Crippen molar-refractivity contribution in [3.63, 3.8) is 0 Å². The molecule has 47 heavy (non-hydrogen) atoms. The quantitative estimate of drug-likeness (QED) is 0.240. The maximum Gasteiger partial charge on any atom is 0.264 e. The molecule has 3 aromatic carbocycles. The molecular weight excluding hydrogens is 614 g/mol. The van der Waals surface area contributed by atoms with Gasteiger partial charge in [-0.05, 0) is 74.0 Å². The number of nitrogens with zero attached hydrogens (tertiary/aromatic N) is 3. The Labute approximate surface area is 276 Å². The van der Waals surface area contributed by atoms with Gasteiger partial charge in [0, 0.05) is 34.9 Å². The molecule has 6 rings (SSSR count). The number of carbonyl (C=O) groups is 3. The summed E-state index contributed by atoms with van der Waals surface area (Å²) >= 11 is 0. The van der Waals surface area contributed by atoms with Crippen LogP contribution in [0.5, 0.6) is 5.75 Å². The summed E-state index contributed by atoms with van der Waals surface area (Å²) in [5, 5.41) is 9.86. The minimum absolute atomic E-state index is 0.0138. The molecule has 3 aromatic rings. The van der Waals surface area contributed by atoms with Crippen LogP contribution in [0.15, 0.2) is 72.8 Å². The third-order valence-electron chi connectivity index (χ3n) is 10.1. The zero-order valence-corrected chi connectivity index (χ0v) is 28.3. The lowest BCUT2D eigenvalue weighted by Crippen LogP contribution is -2.46. The normalized spacial score (nSPS) is 25.4. The van der Waals surface area contributed by atoms with Crippen molar-refractivity contribution in [3.05, 3.63) is 83.9 Å². The van der Waals surface area contributed by atoms with Crippen LogP contribution in [-0.4, -0.2) is 73.8 Å². The highest BCUT2D eigenvalue weighted by Gasteiger charge is 2.66. The monoisotopic (exact) mass is 657 g/mol. The SMILES string of the molecule is COc1ccc2c(c1)[C@]1(O[C@@H](CC(=O)N3CCC[C@H]3CO)[C@H]([Si](C)(C)O)[C@H]1C)C(=O)N2Cc1cccc(N(C=O)c2ccccc2)c1. The third kappa shape index (κ3) is 5.75. The zero-order valence-electron chi connectivity index (χ0n) is 27.3. The summed E-state index contributed by atoms with van der Waals surface area (Å²) in [6, 6.07) is 22.1. The van der Waals surface area contributed by atoms with E-state index < -0.39 is 31.5 Å². The van der Waals surface area contributed by atoms with Gasteiger partial charge in [0.25, 0.3) is 5.91 Å². The summed E-state index contributed by atoms with van der Waals surface area (Å²) in [7, 11) is -1.42. The first-order chi connectivity index (χ1) is 22.5. The molecule has 3 aliphatic heterocycles. The average molecular weight is 658 g/mol. The highest BCUT2D eigenvalue weighted by Crippen LogP contribution is 2.60. The number of benzene rings is 3. The van der Waals surface area contributed by atoms with Crippen molar-refractivity contribution < 1.29 is 33.8 Å². The Morgan fingerprint density at radius 3 is 2.53 bits per heavy atom. The van der Waals surface area contributed by atoms with Gasteiger partial charge in [-0.2, -0.15) is 0 Å². The molecule has 0 aromatic heterocycles. The summed E-state index contributed by atoms with van der Waals surface area (Å²) in [5.41, 5.74) is 1.67. The second-order valence-corrected chi connectivity index (χ2v) is 17.4. The first kappa shape index (κ1) is 32.9. The number of para-hydroxylation sites is 1. The Kier molecular flexibility index (Phi) is 9.01. The van der Waals surface area contributed by atoms with E-state index in [1.54, 1.807) is 21.8 Å². The van der Waals surface area contributed by atoms with Crippen LogP contribution >= 0.6 is 0 Å². The molecule has 1 spiro atoms. The van der Waals surface area contributed by atoms with Crippen LogP contribution in [-0.2, 0) is 31.3 Å². The number of fused-ring (bicyclic) bond motifs is 2. The highest BCUT2D eigenvalue weighted by molar-refractivity contribution is 6.71. The first-order valence-corrected chi connectivity index (χ1v) is 19.3. The van der Waals surface area contributed by atoms with Crippen LogP contribution < -0.4 is 14.5 Å². The van der Waals surface area contributed by atoms with Crippen molar-refractivity contribution in [2.45, 2.75) is 69.1 Å². The average Bonchev–Trinajstić information content (AvgIpc) is 3.72. The first-order valence-electron chi connectivity index (χ1n) is 16.2. The van der Waals surface area contributed by atoms with Gasteiger partial charge >= 0.3 is 0 Å². The van der Waals surface area contributed by atoms with Gasteiger partial charge < -0.3 is 29.2 Å². The minimum Gasteiger partial charge on any atom is -0.497 e. The number of aliphatic hydroxyl groups excluding tert-OH is 1. The van der Waals surface area contributed by atoms with E-state index in [1.807, 2.05) is 92.8 Å². The predicted molar refractivity (Wildman–Crippen MR) is 181 cm³/mol. The Morgan fingerprint density at radius 1 is 1.11 bits per heavy atom. The van der Waals surface area contributed by atoms with Crippen LogP contribution in [0, 0.1) is 5.92 Å². The van der Waals surface area contributed by atoms with Gasteiger partial charge in [0.2, 0.25) is 12.3 Å². The summed E-state index contributed by atoms with van der Waals surface area (Å²) in [6.07, 6.45) is 1.66. The number of hydrogen-bond acceptors (Lipinski definition) is 7. The maximum atomic E-state index is 14.9. The fraction of sp³-hybridized carbons (Fsp3) is 0.417. The molecule has 2 fully saturated rings. The molecule has 248 valence electrons.